The van der Waals surface area contributed by atoms with Crippen molar-refractivity contribution in [3.05, 3.63) is 60.3 Å². The molecule has 32 heavy (non-hydrogen) atoms. The van der Waals surface area contributed by atoms with Crippen molar-refractivity contribution in [2.45, 2.75) is 53.5 Å². The monoisotopic (exact) mass is 430 g/mol. The van der Waals surface area contributed by atoms with Gasteiger partial charge in [-0.15, -0.1) is 0 Å². The zero-order chi connectivity index (χ0) is 23.0. The Morgan fingerprint density at radius 1 is 1.12 bits per heavy atom. The molecule has 4 aromatic rings. The highest BCUT2D eigenvalue weighted by Crippen LogP contribution is 2.24. The van der Waals surface area contributed by atoms with Gasteiger partial charge in [-0.05, 0) is 36.0 Å². The van der Waals surface area contributed by atoms with Gasteiger partial charge in [-0.3, -0.25) is 4.79 Å². The molecule has 1 aromatic carbocycles. The number of carbonyl (C=O) groups is 1. The van der Waals surface area contributed by atoms with E-state index in [0.717, 1.165) is 5.69 Å². The van der Waals surface area contributed by atoms with Gasteiger partial charge in [-0.1, -0.05) is 46.8 Å². The summed E-state index contributed by atoms with van der Waals surface area (Å²) in [4.78, 5) is 29.6. The second kappa shape index (κ2) is 8.22. The standard InChI is InChI=1S/C25H30N6O/c1-15(2)17-8-7-9-18(10-17)31-13-21(28-14-31)20-12-27-23-22(30-20)19(11-26-23)24(32)29-16(3)25(4,5)6/h7-16H,1-6H3,(H,26,27)(H,29,32). The maximum Gasteiger partial charge on any atom is 0.255 e. The summed E-state index contributed by atoms with van der Waals surface area (Å²) in [5.74, 6) is 0.284. The number of hydrogen-bond donors (Lipinski definition) is 2. The van der Waals surface area contributed by atoms with Gasteiger partial charge in [-0.25, -0.2) is 15.0 Å². The van der Waals surface area contributed by atoms with Gasteiger partial charge in [0.2, 0.25) is 0 Å². The SMILES string of the molecule is CC(C)c1cccc(-n2cnc(-c3cnc4[nH]cc(C(=O)NC(C)C(C)(C)C)c4n3)c2)c1. The third kappa shape index (κ3) is 4.28. The molecule has 7 heteroatoms. The van der Waals surface area contributed by atoms with Gasteiger partial charge in [-0.2, -0.15) is 0 Å². The van der Waals surface area contributed by atoms with Crippen molar-refractivity contribution in [3.8, 4) is 17.1 Å². The fraction of sp³-hybridized carbons (Fsp3) is 0.360. The molecule has 0 radical (unpaired) electrons. The number of imidazole rings is 1. The first-order valence-corrected chi connectivity index (χ1v) is 10.9. The van der Waals surface area contributed by atoms with Crippen LogP contribution in [0.1, 0.15) is 63.4 Å². The average molecular weight is 431 g/mol. The Labute approximate surface area is 188 Å². The first-order chi connectivity index (χ1) is 15.1. The Bertz CT molecular complexity index is 1260. The number of aromatic nitrogens is 5. The van der Waals surface area contributed by atoms with Crippen LogP contribution in [0.15, 0.2) is 49.2 Å². The van der Waals surface area contributed by atoms with Crippen molar-refractivity contribution in [3.63, 3.8) is 0 Å². The van der Waals surface area contributed by atoms with E-state index in [-0.39, 0.29) is 17.4 Å². The van der Waals surface area contributed by atoms with E-state index in [0.29, 0.717) is 34.0 Å². The van der Waals surface area contributed by atoms with Gasteiger partial charge < -0.3 is 14.9 Å². The molecule has 4 rings (SSSR count). The molecule has 166 valence electrons. The lowest BCUT2D eigenvalue weighted by molar-refractivity contribution is 0.0911. The minimum Gasteiger partial charge on any atom is -0.349 e. The lowest BCUT2D eigenvalue weighted by Gasteiger charge is -2.27. The molecule has 0 aliphatic carbocycles. The average Bonchev–Trinajstić information content (AvgIpc) is 3.40. The number of hydrogen-bond acceptors (Lipinski definition) is 4. The summed E-state index contributed by atoms with van der Waals surface area (Å²) in [5.41, 5.74) is 5.18. The summed E-state index contributed by atoms with van der Waals surface area (Å²) in [6.07, 6.45) is 7.05. The number of fused-ring (bicyclic) bond motifs is 1. The molecule has 0 saturated carbocycles. The van der Waals surface area contributed by atoms with Gasteiger partial charge >= 0.3 is 0 Å². The van der Waals surface area contributed by atoms with Crippen molar-refractivity contribution in [2.75, 3.05) is 0 Å². The predicted octanol–water partition coefficient (Wildman–Crippen LogP) is 5.10. The maximum atomic E-state index is 12.9. The molecular weight excluding hydrogens is 400 g/mol. The Kier molecular flexibility index (Phi) is 5.59. The summed E-state index contributed by atoms with van der Waals surface area (Å²) >= 11 is 0. The summed E-state index contributed by atoms with van der Waals surface area (Å²) in [6.45, 7) is 12.6. The number of nitrogens with one attached hydrogen (secondary N) is 2. The van der Waals surface area contributed by atoms with E-state index in [1.54, 1.807) is 18.7 Å². The number of amides is 1. The molecule has 7 nitrogen and oxygen atoms in total. The van der Waals surface area contributed by atoms with Crippen LogP contribution in [0.2, 0.25) is 0 Å². The maximum absolute atomic E-state index is 12.9. The van der Waals surface area contributed by atoms with Gasteiger partial charge in [0.25, 0.3) is 5.91 Å². The molecule has 1 atom stereocenters. The van der Waals surface area contributed by atoms with Gasteiger partial charge in [0, 0.05) is 24.1 Å². The smallest absolute Gasteiger partial charge is 0.255 e. The normalized spacial score (nSPS) is 13.0. The molecule has 0 aliphatic heterocycles. The van der Waals surface area contributed by atoms with Crippen LogP contribution in [-0.4, -0.2) is 36.5 Å². The number of rotatable bonds is 5. The highest BCUT2D eigenvalue weighted by molar-refractivity contribution is 6.04. The summed E-state index contributed by atoms with van der Waals surface area (Å²) < 4.78 is 1.98. The molecule has 1 unspecified atom stereocenters. The number of aromatic amines is 1. The third-order valence-electron chi connectivity index (χ3n) is 5.95. The number of H-pyrrole nitrogens is 1. The van der Waals surface area contributed by atoms with E-state index in [2.05, 4.69) is 79.2 Å². The van der Waals surface area contributed by atoms with Crippen LogP contribution < -0.4 is 5.32 Å². The third-order valence-corrected chi connectivity index (χ3v) is 5.95. The zero-order valence-electron chi connectivity index (χ0n) is 19.5. The van der Waals surface area contributed by atoms with Gasteiger partial charge in [0.05, 0.1) is 18.1 Å². The Balaban J connectivity index is 1.65. The number of carbonyl (C=O) groups excluding carboxylic acids is 1. The first kappa shape index (κ1) is 21.7. The zero-order valence-corrected chi connectivity index (χ0v) is 19.5. The van der Waals surface area contributed by atoms with Crippen LogP contribution in [0, 0.1) is 5.41 Å². The molecule has 0 spiro atoms. The van der Waals surface area contributed by atoms with E-state index < -0.39 is 0 Å². The summed E-state index contributed by atoms with van der Waals surface area (Å²) in [7, 11) is 0. The topological polar surface area (TPSA) is 88.5 Å². The van der Waals surface area contributed by atoms with Crippen LogP contribution in [0.3, 0.4) is 0 Å². The van der Waals surface area contributed by atoms with Crippen molar-refractivity contribution in [1.82, 2.24) is 29.8 Å². The number of nitrogens with zero attached hydrogens (tertiary/aromatic N) is 4. The Morgan fingerprint density at radius 2 is 1.91 bits per heavy atom. The largest absolute Gasteiger partial charge is 0.349 e. The Hall–Kier alpha value is -3.48. The van der Waals surface area contributed by atoms with E-state index >= 15 is 0 Å². The van der Waals surface area contributed by atoms with E-state index in [4.69, 9.17) is 4.98 Å². The molecular formula is C25H30N6O. The second-order valence-corrected chi connectivity index (χ2v) is 9.63. The van der Waals surface area contributed by atoms with E-state index in [9.17, 15) is 4.79 Å². The van der Waals surface area contributed by atoms with Crippen LogP contribution in [0.25, 0.3) is 28.2 Å². The molecule has 0 fully saturated rings. The van der Waals surface area contributed by atoms with Gasteiger partial charge in [0.15, 0.2) is 5.65 Å². The van der Waals surface area contributed by atoms with Crippen molar-refractivity contribution < 1.29 is 4.79 Å². The van der Waals surface area contributed by atoms with Crippen molar-refractivity contribution in [2.24, 2.45) is 5.41 Å². The minimum absolute atomic E-state index is 0.00777. The highest BCUT2D eigenvalue weighted by atomic mass is 16.1. The predicted molar refractivity (Wildman–Crippen MR) is 127 cm³/mol. The Morgan fingerprint density at radius 3 is 2.62 bits per heavy atom. The molecule has 0 aliphatic rings. The lowest BCUT2D eigenvalue weighted by Crippen LogP contribution is -2.41. The fourth-order valence-electron chi connectivity index (χ4n) is 3.32. The molecule has 0 saturated heterocycles. The fourth-order valence-corrected chi connectivity index (χ4v) is 3.32. The van der Waals surface area contributed by atoms with Crippen molar-refractivity contribution >= 4 is 17.1 Å². The first-order valence-electron chi connectivity index (χ1n) is 10.9. The van der Waals surface area contributed by atoms with E-state index in [1.165, 1.54) is 5.56 Å². The van der Waals surface area contributed by atoms with Crippen LogP contribution in [-0.2, 0) is 0 Å². The quantitative estimate of drug-likeness (QED) is 0.461. The summed E-state index contributed by atoms with van der Waals surface area (Å²) in [5, 5.41) is 3.07. The minimum atomic E-state index is -0.166. The summed E-state index contributed by atoms with van der Waals surface area (Å²) in [6, 6.07) is 8.41. The molecule has 1 amide bonds. The highest BCUT2D eigenvalue weighted by Gasteiger charge is 2.24. The van der Waals surface area contributed by atoms with Gasteiger partial charge in [0.1, 0.15) is 16.9 Å². The molecule has 2 N–H and O–H groups in total. The van der Waals surface area contributed by atoms with Crippen LogP contribution >= 0.6 is 0 Å². The van der Waals surface area contributed by atoms with Crippen LogP contribution in [0.5, 0.6) is 0 Å². The molecule has 3 aromatic heterocycles. The van der Waals surface area contributed by atoms with Crippen molar-refractivity contribution in [1.29, 1.82) is 0 Å². The van der Waals surface area contributed by atoms with Crippen LogP contribution in [0.4, 0.5) is 0 Å². The second-order valence-electron chi connectivity index (χ2n) is 9.63. The molecule has 3 heterocycles. The van der Waals surface area contributed by atoms with E-state index in [1.807, 2.05) is 17.7 Å². The molecule has 0 bridgehead atoms. The lowest BCUT2D eigenvalue weighted by atomic mass is 9.88. The number of benzene rings is 1.